The predicted octanol–water partition coefficient (Wildman–Crippen LogP) is -0.140. The van der Waals surface area contributed by atoms with Gasteiger partial charge in [0.2, 0.25) is 5.91 Å². The lowest BCUT2D eigenvalue weighted by molar-refractivity contribution is -0.183. The van der Waals surface area contributed by atoms with Crippen molar-refractivity contribution >= 4 is 18.0 Å². The van der Waals surface area contributed by atoms with Crippen molar-refractivity contribution in [1.29, 1.82) is 0 Å². The zero-order valence-corrected chi connectivity index (χ0v) is 13.3. The van der Waals surface area contributed by atoms with Gasteiger partial charge in [-0.2, -0.15) is 0 Å². The van der Waals surface area contributed by atoms with Crippen LogP contribution in [-0.4, -0.2) is 59.1 Å². The smallest absolute Gasteiger partial charge is 0.406 e. The summed E-state index contributed by atoms with van der Waals surface area (Å²) in [5, 5.41) is 21.6. The van der Waals surface area contributed by atoms with Crippen LogP contribution in [0, 0.1) is 11.3 Å². The minimum Gasteiger partial charge on any atom is -0.476 e. The van der Waals surface area contributed by atoms with Gasteiger partial charge < -0.3 is 25.0 Å². The van der Waals surface area contributed by atoms with Crippen LogP contribution in [0.1, 0.15) is 20.8 Å². The summed E-state index contributed by atoms with van der Waals surface area (Å²) < 4.78 is 10.1. The molecule has 9 nitrogen and oxygen atoms in total. The molecule has 23 heavy (non-hydrogen) atoms. The summed E-state index contributed by atoms with van der Waals surface area (Å²) in [5.74, 6) is -2.51. The van der Waals surface area contributed by atoms with Gasteiger partial charge in [-0.05, 0) is 6.92 Å². The van der Waals surface area contributed by atoms with Gasteiger partial charge in [0.15, 0.2) is 11.9 Å². The van der Waals surface area contributed by atoms with E-state index in [4.69, 9.17) is 4.74 Å². The van der Waals surface area contributed by atoms with Crippen molar-refractivity contribution < 1.29 is 34.1 Å². The Balaban J connectivity index is 2.28. The average Bonchev–Trinajstić information content (AvgIpc) is 2.80. The topological polar surface area (TPSA) is 125 Å². The van der Waals surface area contributed by atoms with Crippen LogP contribution in [0.25, 0.3) is 0 Å². The highest BCUT2D eigenvalue weighted by atomic mass is 16.5. The number of methoxy groups -OCH3 is 1. The van der Waals surface area contributed by atoms with Gasteiger partial charge in [-0.3, -0.25) is 9.69 Å². The number of hydrogen-bond acceptors (Lipinski definition) is 6. The van der Waals surface area contributed by atoms with Crippen LogP contribution >= 0.6 is 0 Å². The molecule has 9 heteroatoms. The number of ether oxygens (including phenoxy) is 2. The third-order valence-electron chi connectivity index (χ3n) is 3.98. The lowest BCUT2D eigenvalue weighted by Gasteiger charge is -2.42. The zero-order chi connectivity index (χ0) is 17.5. The molecule has 0 saturated carbocycles. The normalized spacial score (nSPS) is 24.6. The Hall–Kier alpha value is -2.29. The van der Waals surface area contributed by atoms with Crippen molar-refractivity contribution in [1.82, 2.24) is 10.2 Å². The van der Waals surface area contributed by atoms with Crippen molar-refractivity contribution in [2.45, 2.75) is 33.1 Å². The molecule has 2 aliphatic rings. The Morgan fingerprint density at radius 2 is 2.09 bits per heavy atom. The Labute approximate surface area is 132 Å². The first kappa shape index (κ1) is 17.1. The van der Waals surface area contributed by atoms with Gasteiger partial charge in [-0.1, -0.05) is 13.8 Å². The molecular formula is C14H20N2O7. The van der Waals surface area contributed by atoms with Gasteiger partial charge in [0.1, 0.15) is 11.7 Å². The largest absolute Gasteiger partial charge is 0.476 e. The summed E-state index contributed by atoms with van der Waals surface area (Å²) in [4.78, 5) is 35.9. The molecule has 2 heterocycles. The first-order chi connectivity index (χ1) is 10.6. The third-order valence-corrected chi connectivity index (χ3v) is 3.98. The van der Waals surface area contributed by atoms with Gasteiger partial charge in [-0.25, -0.2) is 9.59 Å². The van der Waals surface area contributed by atoms with E-state index < -0.39 is 41.6 Å². The van der Waals surface area contributed by atoms with Crippen LogP contribution in [0.5, 0.6) is 0 Å². The maximum atomic E-state index is 12.1. The number of aliphatic hydroxyl groups excluding tert-OH is 1. The number of β-lactam (4-membered cyclic amide) rings is 1. The molecule has 3 N–H and O–H groups in total. The maximum absolute atomic E-state index is 12.1. The molecule has 0 bridgehead atoms. The van der Waals surface area contributed by atoms with Gasteiger partial charge in [-0.15, -0.1) is 0 Å². The number of carbonyl (C=O) groups is 3. The summed E-state index contributed by atoms with van der Waals surface area (Å²) >= 11 is 0. The van der Waals surface area contributed by atoms with Gasteiger partial charge in [0.25, 0.3) is 0 Å². The number of aliphatic hydroxyl groups is 1. The lowest BCUT2D eigenvalue weighted by Crippen LogP contribution is -2.62. The standard InChI is InChI=1S/C14H20N2O7/c1-6(17)7-10(18)16-8(12(19)20)9(23-11(7)16)14(2,3)5-15-13(21)22-4/h6-7,11,17H,5H2,1-4H3,(H,15,21)(H,19,20)/t6-,7+,11-/m1/s1. The number of aliphatic carboxylic acids is 1. The van der Waals surface area contributed by atoms with Crippen molar-refractivity contribution in [3.8, 4) is 0 Å². The molecule has 1 saturated heterocycles. The fraction of sp³-hybridized carbons (Fsp3) is 0.643. The minimum absolute atomic E-state index is 0.0554. The number of carbonyl (C=O) groups excluding carboxylic acids is 2. The van der Waals surface area contributed by atoms with E-state index >= 15 is 0 Å². The van der Waals surface area contributed by atoms with E-state index in [1.807, 2.05) is 0 Å². The quantitative estimate of drug-likeness (QED) is 0.600. The Bertz CT molecular complexity index is 582. The maximum Gasteiger partial charge on any atom is 0.406 e. The predicted molar refractivity (Wildman–Crippen MR) is 75.7 cm³/mol. The lowest BCUT2D eigenvalue weighted by atomic mass is 9.88. The molecular weight excluding hydrogens is 308 g/mol. The van der Waals surface area contributed by atoms with E-state index in [2.05, 4.69) is 10.1 Å². The molecule has 2 amide bonds. The molecule has 0 unspecified atom stereocenters. The number of fused-ring (bicyclic) bond motifs is 1. The van der Waals surface area contributed by atoms with E-state index in [0.717, 1.165) is 4.90 Å². The highest BCUT2D eigenvalue weighted by molar-refractivity contribution is 5.98. The van der Waals surface area contributed by atoms with E-state index in [1.165, 1.54) is 14.0 Å². The molecule has 2 rings (SSSR count). The third kappa shape index (κ3) is 2.72. The van der Waals surface area contributed by atoms with Crippen molar-refractivity contribution in [3.63, 3.8) is 0 Å². The summed E-state index contributed by atoms with van der Waals surface area (Å²) in [5.41, 5.74) is -1.14. The number of rotatable bonds is 5. The first-order valence-electron chi connectivity index (χ1n) is 7.09. The molecule has 0 aromatic heterocycles. The fourth-order valence-electron chi connectivity index (χ4n) is 2.71. The van der Waals surface area contributed by atoms with Crippen molar-refractivity contribution in [2.75, 3.05) is 13.7 Å². The summed E-state index contributed by atoms with van der Waals surface area (Å²) in [7, 11) is 1.22. The van der Waals surface area contributed by atoms with E-state index in [9.17, 15) is 24.6 Å². The molecule has 0 aliphatic carbocycles. The monoisotopic (exact) mass is 328 g/mol. The molecule has 3 atom stereocenters. The number of amides is 2. The highest BCUT2D eigenvalue weighted by Gasteiger charge is 2.60. The first-order valence-corrected chi connectivity index (χ1v) is 7.09. The Morgan fingerprint density at radius 3 is 2.57 bits per heavy atom. The molecule has 0 spiro atoms. The molecule has 0 aromatic carbocycles. The van der Waals surface area contributed by atoms with Crippen LogP contribution in [0.4, 0.5) is 4.79 Å². The second-order valence-electron chi connectivity index (χ2n) is 6.19. The number of alkyl carbamates (subject to hydrolysis) is 1. The number of carboxylic acid groups (broad SMARTS) is 1. The second kappa shape index (κ2) is 5.73. The SMILES string of the molecule is COC(=O)NCC(C)(C)C1=C(C(=O)O)N2C(=O)[C@H]([C@@H](C)O)[C@H]2O1. The minimum atomic E-state index is -1.30. The number of carboxylic acids is 1. The van der Waals surface area contributed by atoms with Crippen LogP contribution in [0.15, 0.2) is 11.5 Å². The molecule has 2 aliphatic heterocycles. The fourth-order valence-corrected chi connectivity index (χ4v) is 2.71. The van der Waals surface area contributed by atoms with Crippen LogP contribution in [0.3, 0.4) is 0 Å². The summed E-state index contributed by atoms with van der Waals surface area (Å²) in [6.45, 7) is 4.86. The van der Waals surface area contributed by atoms with Crippen molar-refractivity contribution in [2.24, 2.45) is 11.3 Å². The molecule has 0 aromatic rings. The Kier molecular flexibility index (Phi) is 4.25. The average molecular weight is 328 g/mol. The molecule has 128 valence electrons. The molecule has 1 fully saturated rings. The van der Waals surface area contributed by atoms with E-state index in [0.29, 0.717) is 0 Å². The van der Waals surface area contributed by atoms with Crippen LogP contribution < -0.4 is 5.32 Å². The zero-order valence-electron chi connectivity index (χ0n) is 13.3. The number of hydrogen-bond donors (Lipinski definition) is 3. The second-order valence-corrected chi connectivity index (χ2v) is 6.19. The van der Waals surface area contributed by atoms with Gasteiger partial charge in [0, 0.05) is 12.0 Å². The van der Waals surface area contributed by atoms with Crippen LogP contribution in [0.2, 0.25) is 0 Å². The van der Waals surface area contributed by atoms with Crippen LogP contribution in [-0.2, 0) is 19.1 Å². The van der Waals surface area contributed by atoms with E-state index in [-0.39, 0.29) is 18.0 Å². The number of nitrogens with zero attached hydrogens (tertiary/aromatic N) is 1. The molecule has 0 radical (unpaired) electrons. The van der Waals surface area contributed by atoms with Crippen molar-refractivity contribution in [3.05, 3.63) is 11.5 Å². The highest BCUT2D eigenvalue weighted by Crippen LogP contribution is 2.46. The number of nitrogens with one attached hydrogen (secondary N) is 1. The Morgan fingerprint density at radius 1 is 1.48 bits per heavy atom. The van der Waals surface area contributed by atoms with Gasteiger partial charge in [0.05, 0.1) is 13.2 Å². The summed E-state index contributed by atoms with van der Waals surface area (Å²) in [6, 6.07) is 0. The van der Waals surface area contributed by atoms with E-state index in [1.54, 1.807) is 13.8 Å². The summed E-state index contributed by atoms with van der Waals surface area (Å²) in [6.07, 6.45) is -2.44. The van der Waals surface area contributed by atoms with Gasteiger partial charge >= 0.3 is 12.1 Å².